The van der Waals surface area contributed by atoms with Crippen molar-refractivity contribution in [3.05, 3.63) is 0 Å². The van der Waals surface area contributed by atoms with Crippen LogP contribution in [-0.2, 0) is 4.43 Å². The molecule has 0 aliphatic rings. The molecule has 0 spiro atoms. The first kappa shape index (κ1) is 4.98. The Morgan fingerprint density at radius 1 is 2.00 bits per heavy atom. The zero-order valence-corrected chi connectivity index (χ0v) is 3.95. The van der Waals surface area contributed by atoms with Crippen molar-refractivity contribution in [1.29, 1.82) is 0 Å². The molecule has 0 aliphatic heterocycles. The van der Waals surface area contributed by atoms with Gasteiger partial charge in [0.1, 0.15) is 0 Å². The zero-order valence-electron chi connectivity index (χ0n) is 2.19. The van der Waals surface area contributed by atoms with Crippen LogP contribution in [0.25, 0.3) is 0 Å². The summed E-state index contributed by atoms with van der Waals surface area (Å²) in [5, 5.41) is 0. The molecule has 27 valence electrons. The van der Waals surface area contributed by atoms with Gasteiger partial charge in [0.05, 0.1) is 0 Å². The molecule has 0 unspecified atom stereocenters. The standard InChI is InChI=1S/CClO2Si/c2-1(3)4-5. The van der Waals surface area contributed by atoms with Crippen LogP contribution in [0.1, 0.15) is 0 Å². The Balaban J connectivity index is 2.85. The van der Waals surface area contributed by atoms with Gasteiger partial charge in [0.2, 0.25) is 0 Å². The molecule has 0 atom stereocenters. The molecular weight excluding hydrogens is 108 g/mol. The minimum Gasteiger partial charge on any atom is -0.504 e. The molecule has 4 heteroatoms. The van der Waals surface area contributed by atoms with Crippen LogP contribution in [0.2, 0.25) is 0 Å². The average Bonchev–Trinajstić information content (AvgIpc) is 1.38. The summed E-state index contributed by atoms with van der Waals surface area (Å²) in [5.41, 5.74) is -0.860. The lowest BCUT2D eigenvalue weighted by molar-refractivity contribution is 0.229. The van der Waals surface area contributed by atoms with Crippen molar-refractivity contribution < 1.29 is 9.22 Å². The fourth-order valence-electron chi connectivity index (χ4n) is 0. The predicted octanol–water partition coefficient (Wildman–Crippen LogP) is 0.445. The highest BCUT2D eigenvalue weighted by molar-refractivity contribution is 6.62. The lowest BCUT2D eigenvalue weighted by Gasteiger charge is -1.77. The summed E-state index contributed by atoms with van der Waals surface area (Å²) in [6.07, 6.45) is 0. The lowest BCUT2D eigenvalue weighted by atomic mass is 11.6. The third-order valence-corrected chi connectivity index (χ3v) is 0.472. The van der Waals surface area contributed by atoms with E-state index in [0.717, 1.165) is 0 Å². The van der Waals surface area contributed by atoms with Crippen LogP contribution in [-0.4, -0.2) is 15.9 Å². The predicted molar refractivity (Wildman–Crippen MR) is 18.1 cm³/mol. The number of rotatable bonds is 0. The summed E-state index contributed by atoms with van der Waals surface area (Å²) in [7, 11) is 2.37. The smallest absolute Gasteiger partial charge is 0.390 e. The molecule has 0 saturated carbocycles. The topological polar surface area (TPSA) is 26.3 Å². The molecule has 2 nitrogen and oxygen atoms in total. The fourth-order valence-corrected chi connectivity index (χ4v) is 0. The molecule has 0 fully saturated rings. The van der Waals surface area contributed by atoms with Crippen LogP contribution in [0.3, 0.4) is 0 Å². The maximum atomic E-state index is 9.31. The van der Waals surface area contributed by atoms with Crippen LogP contribution in [0.4, 0.5) is 4.79 Å². The quantitative estimate of drug-likeness (QED) is 0.332. The van der Waals surface area contributed by atoms with Gasteiger partial charge in [-0.3, -0.25) is 0 Å². The Hall–Kier alpha value is -0.0231. The van der Waals surface area contributed by atoms with Gasteiger partial charge in [0.25, 0.3) is 0 Å². The molecule has 0 aromatic carbocycles. The van der Waals surface area contributed by atoms with E-state index in [4.69, 9.17) is 0 Å². The van der Waals surface area contributed by atoms with Gasteiger partial charge >= 0.3 is 15.9 Å². The third kappa shape index (κ3) is 3.98. The van der Waals surface area contributed by atoms with E-state index in [-0.39, 0.29) is 0 Å². The Labute approximate surface area is 37.6 Å². The molecule has 0 heterocycles. The minimum atomic E-state index is -0.860. The van der Waals surface area contributed by atoms with E-state index < -0.39 is 5.43 Å². The molecule has 0 aromatic heterocycles. The maximum absolute atomic E-state index is 9.31. The molecule has 0 N–H and O–H groups in total. The second-order valence-corrected chi connectivity index (χ2v) is 0.852. The molecule has 0 aliphatic carbocycles. The molecule has 0 aromatic rings. The van der Waals surface area contributed by atoms with Crippen molar-refractivity contribution in [2.45, 2.75) is 0 Å². The van der Waals surface area contributed by atoms with Gasteiger partial charge in [-0.1, -0.05) is 0 Å². The summed E-state index contributed by atoms with van der Waals surface area (Å²) < 4.78 is 3.68. The fraction of sp³-hybridized carbons (Fsp3) is 0. The molecular formula is CClO2Si. The summed E-state index contributed by atoms with van der Waals surface area (Å²) in [6, 6.07) is 0. The number of carbonyl (C=O) groups is 1. The lowest BCUT2D eigenvalue weighted by Crippen LogP contribution is -1.83. The van der Waals surface area contributed by atoms with E-state index >= 15 is 0 Å². The van der Waals surface area contributed by atoms with Gasteiger partial charge in [0, 0.05) is 11.6 Å². The summed E-state index contributed by atoms with van der Waals surface area (Å²) in [6.45, 7) is 0. The molecule has 0 rings (SSSR count). The van der Waals surface area contributed by atoms with Crippen molar-refractivity contribution in [2.75, 3.05) is 0 Å². The first-order chi connectivity index (χ1) is 2.27. The van der Waals surface area contributed by atoms with Gasteiger partial charge < -0.3 is 4.43 Å². The van der Waals surface area contributed by atoms with Crippen molar-refractivity contribution in [3.63, 3.8) is 0 Å². The second kappa shape index (κ2) is 2.23. The molecule has 3 radical (unpaired) electrons. The van der Waals surface area contributed by atoms with Gasteiger partial charge in [-0.25, -0.2) is 4.79 Å². The summed E-state index contributed by atoms with van der Waals surface area (Å²) in [4.78, 5) is 9.31. The Bertz CT molecular complexity index is 44.9. The number of halogens is 1. The van der Waals surface area contributed by atoms with E-state index in [2.05, 4.69) is 26.5 Å². The Morgan fingerprint density at radius 3 is 2.20 bits per heavy atom. The largest absolute Gasteiger partial charge is 0.504 e. The SMILES string of the molecule is O=C(Cl)O[Si]. The van der Waals surface area contributed by atoms with Gasteiger partial charge in [-0.05, 0) is 0 Å². The van der Waals surface area contributed by atoms with Crippen molar-refractivity contribution >= 4 is 27.5 Å². The summed E-state index contributed by atoms with van der Waals surface area (Å²) >= 11 is 4.55. The van der Waals surface area contributed by atoms with Crippen LogP contribution in [0, 0.1) is 0 Å². The normalized spacial score (nSPS) is 6.80. The minimum absolute atomic E-state index is 0.860. The highest BCUT2D eigenvalue weighted by Gasteiger charge is 1.81. The Morgan fingerprint density at radius 2 is 2.20 bits per heavy atom. The van der Waals surface area contributed by atoms with Gasteiger partial charge in [-0.15, -0.1) is 0 Å². The van der Waals surface area contributed by atoms with Crippen molar-refractivity contribution in [1.82, 2.24) is 0 Å². The second-order valence-electron chi connectivity index (χ2n) is 0.340. The van der Waals surface area contributed by atoms with Crippen molar-refractivity contribution in [2.24, 2.45) is 0 Å². The zero-order chi connectivity index (χ0) is 4.28. The van der Waals surface area contributed by atoms with Gasteiger partial charge in [0.15, 0.2) is 0 Å². The highest BCUT2D eigenvalue weighted by atomic mass is 35.5. The first-order valence-electron chi connectivity index (χ1n) is 0.801. The Kier molecular flexibility index (Phi) is 2.22. The molecule has 0 saturated heterocycles. The highest BCUT2D eigenvalue weighted by Crippen LogP contribution is 1.77. The van der Waals surface area contributed by atoms with E-state index in [9.17, 15) is 4.79 Å². The molecule has 0 amide bonds. The van der Waals surface area contributed by atoms with Crippen LogP contribution in [0.5, 0.6) is 0 Å². The van der Waals surface area contributed by atoms with Crippen LogP contribution >= 0.6 is 11.6 Å². The number of hydrogen-bond donors (Lipinski definition) is 0. The first-order valence-corrected chi connectivity index (χ1v) is 1.59. The monoisotopic (exact) mass is 107 g/mol. The third-order valence-electron chi connectivity index (χ3n) is 0.0802. The van der Waals surface area contributed by atoms with E-state index in [1.54, 1.807) is 0 Å². The summed E-state index contributed by atoms with van der Waals surface area (Å²) in [5.74, 6) is 0. The van der Waals surface area contributed by atoms with E-state index in [1.165, 1.54) is 0 Å². The molecule has 5 heavy (non-hydrogen) atoms. The number of hydrogen-bond acceptors (Lipinski definition) is 2. The maximum Gasteiger partial charge on any atom is 0.390 e. The van der Waals surface area contributed by atoms with E-state index in [1.807, 2.05) is 0 Å². The van der Waals surface area contributed by atoms with Crippen LogP contribution < -0.4 is 0 Å². The van der Waals surface area contributed by atoms with Crippen LogP contribution in [0.15, 0.2) is 0 Å². The van der Waals surface area contributed by atoms with Crippen molar-refractivity contribution in [3.8, 4) is 0 Å². The van der Waals surface area contributed by atoms with E-state index in [0.29, 0.717) is 0 Å². The molecule has 0 bridgehead atoms. The number of carbonyl (C=O) groups excluding carboxylic acids is 1. The average molecular weight is 108 g/mol. The van der Waals surface area contributed by atoms with Gasteiger partial charge in [-0.2, -0.15) is 0 Å².